The molecule has 0 aliphatic carbocycles. The molecule has 2 N–H and O–H groups in total. The highest BCUT2D eigenvalue weighted by Gasteiger charge is 2.40. The first kappa shape index (κ1) is 15.5. The van der Waals surface area contributed by atoms with Gasteiger partial charge in [-0.2, -0.15) is 0 Å². The Morgan fingerprint density at radius 1 is 1.57 bits per heavy atom. The maximum absolute atomic E-state index is 12.6. The second-order valence-corrected chi connectivity index (χ2v) is 6.16. The van der Waals surface area contributed by atoms with Gasteiger partial charge in [-0.05, 0) is 19.9 Å². The summed E-state index contributed by atoms with van der Waals surface area (Å²) in [6.07, 6.45) is 0.417. The van der Waals surface area contributed by atoms with Gasteiger partial charge in [-0.1, -0.05) is 11.8 Å². The molecule has 2 amide bonds. The first-order valence-corrected chi connectivity index (χ1v) is 7.63. The lowest BCUT2D eigenvalue weighted by Crippen LogP contribution is -2.63. The van der Waals surface area contributed by atoms with E-state index in [9.17, 15) is 9.59 Å². The molecule has 0 bridgehead atoms. The van der Waals surface area contributed by atoms with Crippen molar-refractivity contribution in [2.45, 2.75) is 25.8 Å². The van der Waals surface area contributed by atoms with Gasteiger partial charge in [0.1, 0.15) is 5.54 Å². The minimum Gasteiger partial charge on any atom is -0.395 e. The highest BCUT2D eigenvalue weighted by Crippen LogP contribution is 2.23. The van der Waals surface area contributed by atoms with Crippen molar-refractivity contribution in [3.05, 3.63) is 21.9 Å². The molecule has 0 saturated carbocycles. The molecule has 1 saturated heterocycles. The quantitative estimate of drug-likeness (QED) is 0.795. The second kappa shape index (κ2) is 6.29. The van der Waals surface area contributed by atoms with Crippen LogP contribution in [-0.2, 0) is 4.79 Å². The predicted octanol–water partition coefficient (Wildman–Crippen LogP) is 0.833. The molecule has 1 aromatic heterocycles. The van der Waals surface area contributed by atoms with Gasteiger partial charge in [0.15, 0.2) is 0 Å². The molecule has 21 heavy (non-hydrogen) atoms. The molecule has 2 rings (SSSR count). The van der Waals surface area contributed by atoms with Crippen LogP contribution in [0.1, 0.15) is 35.5 Å². The molecule has 0 aromatic carbocycles. The van der Waals surface area contributed by atoms with Crippen molar-refractivity contribution in [3.63, 3.8) is 0 Å². The minimum absolute atomic E-state index is 0.0290. The first-order valence-electron chi connectivity index (χ1n) is 6.75. The molecule has 0 radical (unpaired) electrons. The number of aliphatic hydroxyl groups excluding tert-OH is 1. The third-order valence-corrected chi connectivity index (χ3v) is 4.24. The van der Waals surface area contributed by atoms with E-state index in [0.29, 0.717) is 25.1 Å². The number of nitrogens with one attached hydrogen (secondary N) is 1. The lowest BCUT2D eigenvalue weighted by atomic mass is 9.98. The third kappa shape index (κ3) is 3.26. The normalized spacial score (nSPS) is 16.9. The van der Waals surface area contributed by atoms with Gasteiger partial charge >= 0.3 is 0 Å². The molecule has 1 aliphatic heterocycles. The summed E-state index contributed by atoms with van der Waals surface area (Å²) in [5, 5.41) is 13.2. The van der Waals surface area contributed by atoms with Crippen LogP contribution in [0.4, 0.5) is 0 Å². The van der Waals surface area contributed by atoms with Gasteiger partial charge in [-0.15, -0.1) is 11.3 Å². The van der Waals surface area contributed by atoms with E-state index in [2.05, 4.69) is 17.2 Å². The summed E-state index contributed by atoms with van der Waals surface area (Å²) in [5.74, 6) is 5.45. The Morgan fingerprint density at radius 3 is 3.05 bits per heavy atom. The van der Waals surface area contributed by atoms with Gasteiger partial charge in [0.25, 0.3) is 5.91 Å². The van der Waals surface area contributed by atoms with E-state index in [4.69, 9.17) is 5.11 Å². The van der Waals surface area contributed by atoms with Gasteiger partial charge in [-0.3, -0.25) is 9.59 Å². The Balaban J connectivity index is 2.17. The summed E-state index contributed by atoms with van der Waals surface area (Å²) in [4.78, 5) is 26.8. The molecular weight excluding hydrogens is 288 g/mol. The number of hydrogen-bond donors (Lipinski definition) is 2. The fourth-order valence-electron chi connectivity index (χ4n) is 2.13. The summed E-state index contributed by atoms with van der Waals surface area (Å²) in [5.41, 5.74) is -0.295. The van der Waals surface area contributed by atoms with Crippen LogP contribution in [0.3, 0.4) is 0 Å². The Hall–Kier alpha value is -1.84. The molecular formula is C15H18N2O3S. The number of rotatable bonds is 2. The van der Waals surface area contributed by atoms with Crippen molar-refractivity contribution in [1.82, 2.24) is 10.2 Å². The van der Waals surface area contributed by atoms with E-state index < -0.39 is 5.54 Å². The second-order valence-electron chi connectivity index (χ2n) is 5.25. The summed E-state index contributed by atoms with van der Waals surface area (Å²) in [6, 6.07) is 1.74. The number of thiophene rings is 1. The van der Waals surface area contributed by atoms with Crippen molar-refractivity contribution in [3.8, 4) is 11.8 Å². The van der Waals surface area contributed by atoms with E-state index in [1.165, 1.54) is 11.3 Å². The lowest BCUT2D eigenvalue weighted by Gasteiger charge is -2.41. The Labute approximate surface area is 128 Å². The number of carbonyl (C=O) groups excluding carboxylic acids is 2. The molecule has 0 unspecified atom stereocenters. The molecule has 1 aromatic rings. The Kier molecular flexibility index (Phi) is 4.66. The van der Waals surface area contributed by atoms with Crippen LogP contribution in [0.15, 0.2) is 11.4 Å². The maximum Gasteiger partial charge on any atom is 0.255 e. The zero-order valence-corrected chi connectivity index (χ0v) is 12.9. The average Bonchev–Trinajstić information content (AvgIpc) is 2.90. The fraction of sp³-hybridized carbons (Fsp3) is 0.467. The van der Waals surface area contributed by atoms with Crippen LogP contribution in [-0.4, -0.2) is 47.1 Å². The minimum atomic E-state index is -0.847. The number of carbonyl (C=O) groups is 2. The molecule has 1 aliphatic rings. The molecule has 112 valence electrons. The number of aliphatic hydroxyl groups is 1. The van der Waals surface area contributed by atoms with Crippen molar-refractivity contribution in [2.75, 3.05) is 19.7 Å². The van der Waals surface area contributed by atoms with E-state index in [1.54, 1.807) is 30.2 Å². The van der Waals surface area contributed by atoms with Crippen LogP contribution < -0.4 is 5.32 Å². The molecule has 2 heterocycles. The molecule has 0 spiro atoms. The summed E-state index contributed by atoms with van der Waals surface area (Å²) in [6.45, 7) is 4.49. The topological polar surface area (TPSA) is 69.6 Å². The van der Waals surface area contributed by atoms with E-state index in [0.717, 1.165) is 4.88 Å². The summed E-state index contributed by atoms with van der Waals surface area (Å²) in [7, 11) is 0. The molecule has 6 heteroatoms. The highest BCUT2D eigenvalue weighted by molar-refractivity contribution is 7.10. The number of amides is 2. The van der Waals surface area contributed by atoms with Gasteiger partial charge in [0, 0.05) is 24.9 Å². The van der Waals surface area contributed by atoms with Crippen molar-refractivity contribution in [2.24, 2.45) is 0 Å². The standard InChI is InChI=1S/C15H18N2O3S/c1-15(2)14(20)16-6-7-17(15)13(19)11-9-12(21-10-11)5-3-4-8-18/h9-10,18H,4,6-8H2,1-2H3,(H,16,20). The summed E-state index contributed by atoms with van der Waals surface area (Å²) < 4.78 is 0. The maximum atomic E-state index is 12.6. The average molecular weight is 306 g/mol. The zero-order valence-electron chi connectivity index (χ0n) is 12.1. The SMILES string of the molecule is CC1(C)C(=O)NCCN1C(=O)c1csc(C#CCCO)c1. The first-order chi connectivity index (χ1) is 9.96. The van der Waals surface area contributed by atoms with Crippen LogP contribution in [0, 0.1) is 11.8 Å². The largest absolute Gasteiger partial charge is 0.395 e. The predicted molar refractivity (Wildman–Crippen MR) is 81.0 cm³/mol. The number of hydrogen-bond acceptors (Lipinski definition) is 4. The smallest absolute Gasteiger partial charge is 0.255 e. The van der Waals surface area contributed by atoms with Gasteiger partial charge in [0.2, 0.25) is 5.91 Å². The monoisotopic (exact) mass is 306 g/mol. The Morgan fingerprint density at radius 2 is 2.33 bits per heavy atom. The molecule has 1 fully saturated rings. The van der Waals surface area contributed by atoms with Crippen LogP contribution in [0.2, 0.25) is 0 Å². The van der Waals surface area contributed by atoms with Crippen LogP contribution in [0.25, 0.3) is 0 Å². The lowest BCUT2D eigenvalue weighted by molar-refractivity contribution is -0.133. The van der Waals surface area contributed by atoms with E-state index in [-0.39, 0.29) is 18.4 Å². The van der Waals surface area contributed by atoms with E-state index >= 15 is 0 Å². The van der Waals surface area contributed by atoms with Gasteiger partial charge in [-0.25, -0.2) is 0 Å². The number of piperazine rings is 1. The van der Waals surface area contributed by atoms with Crippen molar-refractivity contribution >= 4 is 23.2 Å². The third-order valence-electron chi connectivity index (χ3n) is 3.39. The van der Waals surface area contributed by atoms with Crippen molar-refractivity contribution < 1.29 is 14.7 Å². The Bertz CT molecular complexity index is 610. The van der Waals surface area contributed by atoms with Crippen molar-refractivity contribution in [1.29, 1.82) is 0 Å². The number of nitrogens with zero attached hydrogens (tertiary/aromatic N) is 1. The molecule has 0 atom stereocenters. The highest BCUT2D eigenvalue weighted by atomic mass is 32.1. The van der Waals surface area contributed by atoms with Gasteiger partial charge < -0.3 is 15.3 Å². The van der Waals surface area contributed by atoms with Crippen LogP contribution in [0.5, 0.6) is 0 Å². The van der Waals surface area contributed by atoms with Crippen LogP contribution >= 0.6 is 11.3 Å². The zero-order chi connectivity index (χ0) is 15.5. The summed E-state index contributed by atoms with van der Waals surface area (Å²) >= 11 is 1.39. The fourth-order valence-corrected chi connectivity index (χ4v) is 2.88. The van der Waals surface area contributed by atoms with E-state index in [1.807, 2.05) is 0 Å². The molecule has 5 nitrogen and oxygen atoms in total. The van der Waals surface area contributed by atoms with Gasteiger partial charge in [0.05, 0.1) is 17.0 Å².